The third-order valence-corrected chi connectivity index (χ3v) is 6.31. The van der Waals surface area contributed by atoms with Crippen LogP contribution in [0.5, 0.6) is 0 Å². The number of nitrogens with one attached hydrogen (secondary N) is 2. The summed E-state index contributed by atoms with van der Waals surface area (Å²) in [5.41, 5.74) is 3.80. The Morgan fingerprint density at radius 1 is 0.972 bits per heavy atom. The van der Waals surface area contributed by atoms with Crippen molar-refractivity contribution in [2.75, 3.05) is 41.3 Å². The lowest BCUT2D eigenvalue weighted by Gasteiger charge is -2.35. The number of fused-ring (bicyclic) bond motifs is 1. The van der Waals surface area contributed by atoms with E-state index < -0.39 is 0 Å². The van der Waals surface area contributed by atoms with Crippen LogP contribution in [0.4, 0.5) is 23.4 Å². The van der Waals surface area contributed by atoms with Crippen LogP contribution >= 0.6 is 0 Å². The van der Waals surface area contributed by atoms with Gasteiger partial charge < -0.3 is 20.4 Å². The Morgan fingerprint density at radius 2 is 1.75 bits per heavy atom. The van der Waals surface area contributed by atoms with Crippen LogP contribution in [0.25, 0.3) is 11.7 Å². The van der Waals surface area contributed by atoms with Gasteiger partial charge in [0.15, 0.2) is 5.65 Å². The zero-order chi connectivity index (χ0) is 24.5. The van der Waals surface area contributed by atoms with E-state index in [9.17, 15) is 4.79 Å². The number of carbonyl (C=O) groups excluding carboxylic acids is 1. The average Bonchev–Trinajstić information content (AvgIpc) is 3.47. The highest BCUT2D eigenvalue weighted by molar-refractivity contribution is 5.89. The highest BCUT2D eigenvalue weighted by atomic mass is 16.1. The molecule has 2 aliphatic heterocycles. The maximum atomic E-state index is 11.8. The number of hydrogen-bond acceptors (Lipinski definition) is 8. The third-order valence-electron chi connectivity index (χ3n) is 6.31. The van der Waals surface area contributed by atoms with Crippen LogP contribution in [-0.2, 0) is 4.79 Å². The van der Waals surface area contributed by atoms with Crippen molar-refractivity contribution in [2.24, 2.45) is 0 Å². The number of piperazine rings is 1. The zero-order valence-corrected chi connectivity index (χ0v) is 19.6. The van der Waals surface area contributed by atoms with Gasteiger partial charge in [0.2, 0.25) is 17.8 Å². The maximum Gasteiger partial charge on any atom is 0.233 e. The molecular weight excluding hydrogens is 454 g/mol. The number of rotatable bonds is 5. The molecule has 6 rings (SSSR count). The van der Waals surface area contributed by atoms with Crippen LogP contribution in [0.2, 0.25) is 0 Å². The molecule has 5 heterocycles. The fourth-order valence-electron chi connectivity index (χ4n) is 4.43. The standard InChI is InChI=1S/C26H25N9O/c1-18-19(16-23(36)29-18)15-20-17-28-35-24(20)31-25(32-26(35)30-21-7-3-2-4-8-21)34-13-11-33(12-14-34)22-9-5-6-10-27-22/h2-10,15,17H,1,11-14,16H2,(H,29,36)(H,30,31,32)/b19-15+. The Kier molecular flexibility index (Phi) is 5.53. The molecule has 2 fully saturated rings. The summed E-state index contributed by atoms with van der Waals surface area (Å²) in [6.07, 6.45) is 5.77. The lowest BCUT2D eigenvalue weighted by Crippen LogP contribution is -2.47. The molecule has 36 heavy (non-hydrogen) atoms. The van der Waals surface area contributed by atoms with E-state index in [0.717, 1.165) is 48.8 Å². The van der Waals surface area contributed by atoms with Crippen LogP contribution in [0, 0.1) is 0 Å². The number of nitrogens with zero attached hydrogens (tertiary/aromatic N) is 7. The van der Waals surface area contributed by atoms with Crippen LogP contribution in [-0.4, -0.2) is 56.7 Å². The van der Waals surface area contributed by atoms with Crippen molar-refractivity contribution in [1.82, 2.24) is 29.9 Å². The minimum Gasteiger partial charge on any atom is -0.353 e. The first-order chi connectivity index (χ1) is 17.6. The summed E-state index contributed by atoms with van der Waals surface area (Å²) in [4.78, 5) is 30.5. The second-order valence-electron chi connectivity index (χ2n) is 8.71. The largest absolute Gasteiger partial charge is 0.353 e. The second kappa shape index (κ2) is 9.14. The van der Waals surface area contributed by atoms with E-state index in [-0.39, 0.29) is 5.91 Å². The summed E-state index contributed by atoms with van der Waals surface area (Å²) in [7, 11) is 0. The van der Waals surface area contributed by atoms with Crippen LogP contribution in [0.15, 0.2) is 78.8 Å². The maximum absolute atomic E-state index is 11.8. The first-order valence-electron chi connectivity index (χ1n) is 11.8. The molecule has 0 unspecified atom stereocenters. The molecular formula is C26H25N9O. The number of hydrogen-bond donors (Lipinski definition) is 2. The molecule has 0 bridgehead atoms. The lowest BCUT2D eigenvalue weighted by molar-refractivity contribution is -0.118. The van der Waals surface area contributed by atoms with Crippen LogP contribution < -0.4 is 20.4 Å². The van der Waals surface area contributed by atoms with Gasteiger partial charge in [-0.05, 0) is 35.9 Å². The van der Waals surface area contributed by atoms with Crippen molar-refractivity contribution in [2.45, 2.75) is 6.42 Å². The molecule has 0 aliphatic carbocycles. The Bertz CT molecular complexity index is 1460. The molecule has 4 aromatic rings. The van der Waals surface area contributed by atoms with Crippen molar-refractivity contribution in [3.63, 3.8) is 0 Å². The summed E-state index contributed by atoms with van der Waals surface area (Å²) < 4.78 is 1.69. The number of anilines is 4. The Labute approximate surface area is 208 Å². The smallest absolute Gasteiger partial charge is 0.233 e. The van der Waals surface area contributed by atoms with Gasteiger partial charge in [-0.2, -0.15) is 19.6 Å². The predicted molar refractivity (Wildman–Crippen MR) is 139 cm³/mol. The first-order valence-corrected chi connectivity index (χ1v) is 11.8. The topological polar surface area (TPSA) is 104 Å². The highest BCUT2D eigenvalue weighted by Gasteiger charge is 2.24. The van der Waals surface area contributed by atoms with E-state index >= 15 is 0 Å². The van der Waals surface area contributed by atoms with E-state index in [1.165, 1.54) is 0 Å². The van der Waals surface area contributed by atoms with Gasteiger partial charge in [-0.1, -0.05) is 30.8 Å². The third kappa shape index (κ3) is 4.24. The van der Waals surface area contributed by atoms with Gasteiger partial charge in [0.25, 0.3) is 0 Å². The molecule has 2 aliphatic rings. The van der Waals surface area contributed by atoms with Crippen molar-refractivity contribution >= 4 is 41.0 Å². The van der Waals surface area contributed by atoms with Gasteiger partial charge in [0, 0.05) is 49.3 Å². The summed E-state index contributed by atoms with van der Waals surface area (Å²) in [5, 5.41) is 10.7. The van der Waals surface area contributed by atoms with E-state index in [0.29, 0.717) is 29.7 Å². The summed E-state index contributed by atoms with van der Waals surface area (Å²) >= 11 is 0. The van der Waals surface area contributed by atoms with Crippen LogP contribution in [0.3, 0.4) is 0 Å². The normalized spacial score (nSPS) is 17.2. The van der Waals surface area contributed by atoms with E-state index in [4.69, 9.17) is 9.97 Å². The molecule has 180 valence electrons. The lowest BCUT2D eigenvalue weighted by atomic mass is 10.1. The van der Waals surface area contributed by atoms with Gasteiger partial charge in [0.05, 0.1) is 12.6 Å². The predicted octanol–water partition coefficient (Wildman–Crippen LogP) is 3.01. The number of carbonyl (C=O) groups is 1. The number of pyridine rings is 1. The van der Waals surface area contributed by atoms with Crippen molar-refractivity contribution in [3.8, 4) is 0 Å². The number of amides is 1. The SMILES string of the molecule is C=C1NC(=O)C/C1=C\c1cnn2c(Nc3ccccc3)nc(N3CCN(c4ccccn4)CC3)nc12. The number of allylic oxidation sites excluding steroid dienone is 1. The van der Waals surface area contributed by atoms with Gasteiger partial charge in [-0.15, -0.1) is 0 Å². The van der Waals surface area contributed by atoms with Crippen molar-refractivity contribution in [1.29, 1.82) is 0 Å². The quantitative estimate of drug-likeness (QED) is 0.450. The zero-order valence-electron chi connectivity index (χ0n) is 19.6. The first kappa shape index (κ1) is 21.8. The van der Waals surface area contributed by atoms with E-state index in [2.05, 4.69) is 37.1 Å². The molecule has 0 spiro atoms. The summed E-state index contributed by atoms with van der Waals surface area (Å²) in [5.74, 6) is 2.11. The minimum absolute atomic E-state index is 0.0600. The van der Waals surface area contributed by atoms with Gasteiger partial charge in [-0.3, -0.25) is 4.79 Å². The molecule has 10 heteroatoms. The van der Waals surface area contributed by atoms with Gasteiger partial charge in [0.1, 0.15) is 5.82 Å². The molecule has 2 saturated heterocycles. The molecule has 0 saturated carbocycles. The number of aromatic nitrogens is 5. The molecule has 0 radical (unpaired) electrons. The minimum atomic E-state index is -0.0600. The Balaban J connectivity index is 1.35. The monoisotopic (exact) mass is 479 g/mol. The molecule has 10 nitrogen and oxygen atoms in total. The van der Waals surface area contributed by atoms with Crippen LogP contribution in [0.1, 0.15) is 12.0 Å². The fourth-order valence-corrected chi connectivity index (χ4v) is 4.43. The summed E-state index contributed by atoms with van der Waals surface area (Å²) in [6.45, 7) is 7.11. The fraction of sp³-hybridized carbons (Fsp3) is 0.192. The van der Waals surface area contributed by atoms with E-state index in [1.807, 2.05) is 60.8 Å². The molecule has 3 aromatic heterocycles. The van der Waals surface area contributed by atoms with Gasteiger partial charge in [-0.25, -0.2) is 4.98 Å². The molecule has 1 amide bonds. The number of benzene rings is 1. The molecule has 2 N–H and O–H groups in total. The molecule has 1 aromatic carbocycles. The van der Waals surface area contributed by atoms with Crippen molar-refractivity contribution in [3.05, 3.63) is 84.3 Å². The average molecular weight is 480 g/mol. The van der Waals surface area contributed by atoms with E-state index in [1.54, 1.807) is 10.7 Å². The second-order valence-corrected chi connectivity index (χ2v) is 8.71. The summed E-state index contributed by atoms with van der Waals surface area (Å²) in [6, 6.07) is 15.8. The van der Waals surface area contributed by atoms with Crippen molar-refractivity contribution < 1.29 is 4.79 Å². The molecule has 0 atom stereocenters. The van der Waals surface area contributed by atoms with Gasteiger partial charge >= 0.3 is 0 Å². The Hall–Kier alpha value is -4.73. The number of para-hydroxylation sites is 1. The highest BCUT2D eigenvalue weighted by Crippen LogP contribution is 2.26. The Morgan fingerprint density at radius 3 is 2.47 bits per heavy atom.